The number of furan rings is 1. The Labute approximate surface area is 171 Å². The molecule has 3 aromatic heterocycles. The fourth-order valence-corrected chi connectivity index (χ4v) is 5.02. The summed E-state index contributed by atoms with van der Waals surface area (Å²) in [7, 11) is 0. The van der Waals surface area contributed by atoms with Gasteiger partial charge in [-0.25, -0.2) is 4.39 Å². The van der Waals surface area contributed by atoms with E-state index in [1.165, 1.54) is 28.0 Å². The lowest BCUT2D eigenvalue weighted by Crippen LogP contribution is -2.36. The zero-order chi connectivity index (χ0) is 20.0. The van der Waals surface area contributed by atoms with Crippen LogP contribution in [-0.2, 0) is 0 Å². The zero-order valence-electron chi connectivity index (χ0n) is 16.0. The summed E-state index contributed by atoms with van der Waals surface area (Å²) in [6.45, 7) is 4.11. The fourth-order valence-electron chi connectivity index (χ4n) is 3.90. The Morgan fingerprint density at radius 3 is 2.62 bits per heavy atom. The lowest BCUT2D eigenvalue weighted by atomic mass is 9.95. The van der Waals surface area contributed by atoms with Crippen LogP contribution in [0.4, 0.5) is 4.39 Å². The first kappa shape index (κ1) is 18.3. The molecule has 1 N–H and O–H groups in total. The van der Waals surface area contributed by atoms with E-state index in [1.807, 2.05) is 0 Å². The number of likely N-dealkylation sites (tertiary alicyclic amines) is 1. The molecule has 29 heavy (non-hydrogen) atoms. The van der Waals surface area contributed by atoms with Gasteiger partial charge in [-0.3, -0.25) is 4.90 Å². The van der Waals surface area contributed by atoms with Gasteiger partial charge in [-0.05, 0) is 61.7 Å². The number of rotatable bonds is 4. The molecule has 0 aliphatic carbocycles. The number of aromatic hydroxyl groups is 1. The smallest absolute Gasteiger partial charge is 0.230 e. The third-order valence-corrected chi connectivity index (χ3v) is 6.63. The number of halogens is 1. The summed E-state index contributed by atoms with van der Waals surface area (Å²) < 4.78 is 20.4. The number of aromatic nitrogens is 3. The molecule has 1 atom stereocenters. The Balaban J connectivity index is 1.57. The summed E-state index contributed by atoms with van der Waals surface area (Å²) in [5.74, 6) is 1.49. The molecule has 0 amide bonds. The molecular formula is C21H21FN4O2S. The highest BCUT2D eigenvalue weighted by atomic mass is 32.1. The minimum atomic E-state index is -0.269. The molecule has 0 radical (unpaired) electrons. The first-order chi connectivity index (χ1) is 14.1. The van der Waals surface area contributed by atoms with Crippen LogP contribution in [0.2, 0.25) is 0 Å². The van der Waals surface area contributed by atoms with Gasteiger partial charge in [0.25, 0.3) is 0 Å². The molecule has 1 saturated heterocycles. The quantitative estimate of drug-likeness (QED) is 0.526. The van der Waals surface area contributed by atoms with E-state index < -0.39 is 0 Å². The van der Waals surface area contributed by atoms with E-state index in [9.17, 15) is 9.50 Å². The number of hydrogen-bond donors (Lipinski definition) is 1. The van der Waals surface area contributed by atoms with Crippen molar-refractivity contribution < 1.29 is 13.9 Å². The molecule has 1 aliphatic rings. The molecule has 0 unspecified atom stereocenters. The number of nitrogens with zero attached hydrogens (tertiary/aromatic N) is 4. The Bertz CT molecular complexity index is 1110. The number of piperidine rings is 1. The van der Waals surface area contributed by atoms with Gasteiger partial charge in [0, 0.05) is 0 Å². The van der Waals surface area contributed by atoms with Gasteiger partial charge in [-0.1, -0.05) is 30.4 Å². The maximum atomic E-state index is 13.5. The molecule has 6 nitrogen and oxygen atoms in total. The lowest BCUT2D eigenvalue weighted by molar-refractivity contribution is 0.157. The summed E-state index contributed by atoms with van der Waals surface area (Å²) >= 11 is 1.41. The van der Waals surface area contributed by atoms with Crippen LogP contribution in [0.25, 0.3) is 16.5 Å². The maximum Gasteiger partial charge on any atom is 0.230 e. The first-order valence-corrected chi connectivity index (χ1v) is 10.5. The Morgan fingerprint density at radius 2 is 1.97 bits per heavy atom. The topological polar surface area (TPSA) is 66.8 Å². The van der Waals surface area contributed by atoms with Crippen molar-refractivity contribution in [3.63, 3.8) is 0 Å². The van der Waals surface area contributed by atoms with Crippen LogP contribution in [0.15, 0.2) is 47.1 Å². The highest BCUT2D eigenvalue weighted by Crippen LogP contribution is 2.41. The molecule has 0 bridgehead atoms. The van der Waals surface area contributed by atoms with Gasteiger partial charge >= 0.3 is 0 Å². The number of fused-ring (bicyclic) bond motifs is 1. The first-order valence-electron chi connectivity index (χ1n) is 9.72. The van der Waals surface area contributed by atoms with E-state index in [0.29, 0.717) is 22.5 Å². The molecule has 0 spiro atoms. The summed E-state index contributed by atoms with van der Waals surface area (Å²) in [4.78, 5) is 8.24. The molecule has 1 fully saturated rings. The van der Waals surface area contributed by atoms with Crippen molar-refractivity contribution in [1.82, 2.24) is 19.5 Å². The average Bonchev–Trinajstić information content (AvgIpc) is 3.44. The van der Waals surface area contributed by atoms with Gasteiger partial charge in [0.05, 0.1) is 17.2 Å². The second-order valence-electron chi connectivity index (χ2n) is 7.57. The standard InChI is InChI=1S/C21H21FN4O2S/c1-13-8-10-25(11-9-13)17(14-4-6-15(22)7-5-14)18-20(27)26-21(29-18)23-19(24-26)16-3-2-12-28-16/h2-7,12-13,17,27H,8-11H2,1H3/t17-/m0/s1. The van der Waals surface area contributed by atoms with Gasteiger partial charge < -0.3 is 9.52 Å². The number of thiazole rings is 1. The van der Waals surface area contributed by atoms with Gasteiger partial charge in [0.15, 0.2) is 5.76 Å². The summed E-state index contributed by atoms with van der Waals surface area (Å²) in [5.41, 5.74) is 0.951. The van der Waals surface area contributed by atoms with Crippen molar-refractivity contribution in [2.75, 3.05) is 13.1 Å². The monoisotopic (exact) mass is 412 g/mol. The van der Waals surface area contributed by atoms with Crippen molar-refractivity contribution in [2.24, 2.45) is 5.92 Å². The predicted octanol–water partition coefficient (Wildman–Crippen LogP) is 4.72. The molecule has 8 heteroatoms. The Hall–Kier alpha value is -2.71. The summed E-state index contributed by atoms with van der Waals surface area (Å²) in [6, 6.07) is 9.92. The Morgan fingerprint density at radius 1 is 1.21 bits per heavy atom. The third-order valence-electron chi connectivity index (χ3n) is 5.56. The Kier molecular flexibility index (Phi) is 4.60. The molecule has 4 aromatic rings. The van der Waals surface area contributed by atoms with E-state index in [1.54, 1.807) is 30.5 Å². The van der Waals surface area contributed by atoms with Crippen molar-refractivity contribution in [3.05, 3.63) is 58.9 Å². The van der Waals surface area contributed by atoms with Crippen molar-refractivity contribution in [1.29, 1.82) is 0 Å². The molecule has 150 valence electrons. The molecular weight excluding hydrogens is 391 g/mol. The predicted molar refractivity (Wildman–Crippen MR) is 108 cm³/mol. The van der Waals surface area contributed by atoms with Gasteiger partial charge in [-0.15, -0.1) is 5.10 Å². The molecule has 0 saturated carbocycles. The highest BCUT2D eigenvalue weighted by Gasteiger charge is 2.31. The normalized spacial score (nSPS) is 17.2. The fraction of sp³-hybridized carbons (Fsp3) is 0.333. The number of hydrogen-bond acceptors (Lipinski definition) is 6. The minimum Gasteiger partial charge on any atom is -0.492 e. The van der Waals surface area contributed by atoms with E-state index >= 15 is 0 Å². The SMILES string of the molecule is CC1CCN([C@@H](c2ccc(F)cc2)c2sc3nc(-c4ccco4)nn3c2O)CC1. The lowest BCUT2D eigenvalue weighted by Gasteiger charge is -2.36. The van der Waals surface area contributed by atoms with E-state index in [4.69, 9.17) is 4.42 Å². The van der Waals surface area contributed by atoms with Crippen LogP contribution in [0.5, 0.6) is 5.88 Å². The molecule has 4 heterocycles. The zero-order valence-corrected chi connectivity index (χ0v) is 16.8. The van der Waals surface area contributed by atoms with Crippen LogP contribution < -0.4 is 0 Å². The average molecular weight is 412 g/mol. The molecule has 1 aromatic carbocycles. The van der Waals surface area contributed by atoms with Crippen LogP contribution >= 0.6 is 11.3 Å². The highest BCUT2D eigenvalue weighted by molar-refractivity contribution is 7.17. The van der Waals surface area contributed by atoms with Crippen molar-refractivity contribution >= 4 is 16.3 Å². The summed E-state index contributed by atoms with van der Waals surface area (Å²) in [5, 5.41) is 15.4. The summed E-state index contributed by atoms with van der Waals surface area (Å²) in [6.07, 6.45) is 3.77. The molecule has 5 rings (SSSR count). The van der Waals surface area contributed by atoms with Gasteiger partial charge in [-0.2, -0.15) is 9.50 Å². The van der Waals surface area contributed by atoms with E-state index in [-0.39, 0.29) is 17.7 Å². The molecule has 1 aliphatic heterocycles. The third kappa shape index (κ3) is 3.32. The van der Waals surface area contributed by atoms with Crippen molar-refractivity contribution in [3.8, 4) is 17.5 Å². The second-order valence-corrected chi connectivity index (χ2v) is 8.58. The minimum absolute atomic E-state index is 0.0725. The van der Waals surface area contributed by atoms with Crippen LogP contribution in [0.3, 0.4) is 0 Å². The van der Waals surface area contributed by atoms with Gasteiger partial charge in [0.2, 0.25) is 16.7 Å². The van der Waals surface area contributed by atoms with Gasteiger partial charge in [0.1, 0.15) is 5.82 Å². The van der Waals surface area contributed by atoms with Crippen LogP contribution in [0, 0.1) is 11.7 Å². The largest absolute Gasteiger partial charge is 0.492 e. The van der Waals surface area contributed by atoms with Crippen molar-refractivity contribution in [2.45, 2.75) is 25.8 Å². The van der Waals surface area contributed by atoms with E-state index in [0.717, 1.165) is 36.4 Å². The second kappa shape index (κ2) is 7.27. The van der Waals surface area contributed by atoms with Crippen LogP contribution in [-0.4, -0.2) is 37.7 Å². The van der Waals surface area contributed by atoms with Crippen LogP contribution in [0.1, 0.15) is 36.2 Å². The van der Waals surface area contributed by atoms with E-state index in [2.05, 4.69) is 21.9 Å². The number of benzene rings is 1. The maximum absolute atomic E-state index is 13.5.